The van der Waals surface area contributed by atoms with E-state index in [0.717, 1.165) is 0 Å². The molecule has 0 bridgehead atoms. The quantitative estimate of drug-likeness (QED) is 0.881. The van der Waals surface area contributed by atoms with Crippen LogP contribution in [0.5, 0.6) is 0 Å². The van der Waals surface area contributed by atoms with Gasteiger partial charge in [0.2, 0.25) is 0 Å². The first-order valence-corrected chi connectivity index (χ1v) is 5.44. The van der Waals surface area contributed by atoms with Gasteiger partial charge >= 0.3 is 5.97 Å². The fourth-order valence-corrected chi connectivity index (χ4v) is 1.43. The van der Waals surface area contributed by atoms with Crippen LogP contribution in [0.4, 0.5) is 0 Å². The molecule has 1 heterocycles. The molecule has 1 unspecified atom stereocenters. The van der Waals surface area contributed by atoms with Crippen LogP contribution in [0.25, 0.3) is 0 Å². The van der Waals surface area contributed by atoms with Crippen molar-refractivity contribution in [1.82, 2.24) is 9.97 Å². The monoisotopic (exact) mass is 242 g/mol. The number of aliphatic carboxylic acids is 1. The smallest absolute Gasteiger partial charge is 0.310 e. The molecule has 0 saturated heterocycles. The summed E-state index contributed by atoms with van der Waals surface area (Å²) in [6.07, 6.45) is 3.30. The molecule has 0 spiro atoms. The van der Waals surface area contributed by atoms with E-state index in [4.69, 9.17) is 11.6 Å². The summed E-state index contributed by atoms with van der Waals surface area (Å²) in [5.41, 5.74) is -0.189. The summed E-state index contributed by atoms with van der Waals surface area (Å²) in [5.74, 6) is -0.804. The van der Waals surface area contributed by atoms with Gasteiger partial charge < -0.3 is 5.11 Å². The second-order valence-electron chi connectivity index (χ2n) is 4.38. The van der Waals surface area contributed by atoms with Crippen molar-refractivity contribution in [3.8, 4) is 0 Å². The Morgan fingerprint density at radius 1 is 1.50 bits per heavy atom. The van der Waals surface area contributed by atoms with Crippen molar-refractivity contribution in [3.63, 3.8) is 0 Å². The van der Waals surface area contributed by atoms with Gasteiger partial charge in [-0.1, -0.05) is 25.4 Å². The van der Waals surface area contributed by atoms with Crippen molar-refractivity contribution in [2.45, 2.75) is 27.2 Å². The molecule has 0 aliphatic heterocycles. The van der Waals surface area contributed by atoms with Crippen LogP contribution in [0.15, 0.2) is 12.4 Å². The zero-order chi connectivity index (χ0) is 12.3. The third-order valence-electron chi connectivity index (χ3n) is 2.98. The lowest BCUT2D eigenvalue weighted by Gasteiger charge is -2.28. The fourth-order valence-electron chi connectivity index (χ4n) is 1.33. The van der Waals surface area contributed by atoms with Crippen LogP contribution < -0.4 is 0 Å². The minimum atomic E-state index is -0.831. The van der Waals surface area contributed by atoms with Crippen LogP contribution in [0.3, 0.4) is 0 Å². The van der Waals surface area contributed by atoms with Gasteiger partial charge in [-0.05, 0) is 12.8 Å². The summed E-state index contributed by atoms with van der Waals surface area (Å²) in [7, 11) is 0. The Morgan fingerprint density at radius 2 is 2.12 bits per heavy atom. The Kier molecular flexibility index (Phi) is 3.86. The number of carbonyl (C=O) groups is 1. The van der Waals surface area contributed by atoms with E-state index in [0.29, 0.717) is 17.3 Å². The average molecular weight is 243 g/mol. The summed E-state index contributed by atoms with van der Waals surface area (Å²) in [5, 5.41) is 9.56. The second kappa shape index (κ2) is 4.78. The van der Waals surface area contributed by atoms with Crippen molar-refractivity contribution < 1.29 is 9.90 Å². The molecule has 0 radical (unpaired) electrons. The molecule has 1 aromatic heterocycles. The highest BCUT2D eigenvalue weighted by Crippen LogP contribution is 2.31. The summed E-state index contributed by atoms with van der Waals surface area (Å²) < 4.78 is 0. The minimum absolute atomic E-state index is 0.0162. The Bertz CT molecular complexity index is 378. The standard InChI is InChI=1S/C11H15ClN2O2/c1-7(2)11(3,10(15)16)4-8-5-14-9(12)6-13-8/h5-7H,4H2,1-3H3,(H,15,16). The molecule has 0 aliphatic rings. The normalized spacial score (nSPS) is 14.8. The molecule has 0 aliphatic carbocycles. The topological polar surface area (TPSA) is 63.1 Å². The number of hydrogen-bond acceptors (Lipinski definition) is 3. The molecule has 1 N–H and O–H groups in total. The summed E-state index contributed by atoms with van der Waals surface area (Å²) in [6.45, 7) is 5.49. The summed E-state index contributed by atoms with van der Waals surface area (Å²) >= 11 is 5.62. The molecule has 1 aromatic rings. The number of rotatable bonds is 4. The highest BCUT2D eigenvalue weighted by atomic mass is 35.5. The molecule has 0 fully saturated rings. The van der Waals surface area contributed by atoms with E-state index in [1.165, 1.54) is 12.4 Å². The summed E-state index contributed by atoms with van der Waals surface area (Å²) in [6, 6.07) is 0. The van der Waals surface area contributed by atoms with E-state index < -0.39 is 11.4 Å². The van der Waals surface area contributed by atoms with Crippen LogP contribution >= 0.6 is 11.6 Å². The van der Waals surface area contributed by atoms with Gasteiger partial charge in [-0.15, -0.1) is 0 Å². The van der Waals surface area contributed by atoms with Gasteiger partial charge in [0.1, 0.15) is 5.15 Å². The lowest BCUT2D eigenvalue weighted by molar-refractivity contribution is -0.150. The maximum Gasteiger partial charge on any atom is 0.310 e. The van der Waals surface area contributed by atoms with E-state index in [1.807, 2.05) is 13.8 Å². The predicted octanol–water partition coefficient (Wildman–Crippen LogP) is 2.42. The number of aromatic nitrogens is 2. The molecule has 0 aromatic carbocycles. The maximum atomic E-state index is 11.3. The molecule has 16 heavy (non-hydrogen) atoms. The molecule has 1 atom stereocenters. The molecular weight excluding hydrogens is 228 g/mol. The summed E-state index contributed by atoms with van der Waals surface area (Å²) in [4.78, 5) is 19.2. The third-order valence-corrected chi connectivity index (χ3v) is 3.18. The first-order chi connectivity index (χ1) is 7.36. The minimum Gasteiger partial charge on any atom is -0.481 e. The molecule has 1 rings (SSSR count). The van der Waals surface area contributed by atoms with Gasteiger partial charge in [-0.2, -0.15) is 0 Å². The first-order valence-electron chi connectivity index (χ1n) is 5.06. The molecule has 5 heteroatoms. The second-order valence-corrected chi connectivity index (χ2v) is 4.77. The molecule has 0 amide bonds. The van der Waals surface area contributed by atoms with Gasteiger partial charge in [0.25, 0.3) is 0 Å². The molecule has 0 saturated carbocycles. The van der Waals surface area contributed by atoms with Crippen molar-refractivity contribution >= 4 is 17.6 Å². The van der Waals surface area contributed by atoms with Crippen molar-refractivity contribution in [3.05, 3.63) is 23.2 Å². The van der Waals surface area contributed by atoms with Gasteiger partial charge in [0.05, 0.1) is 23.5 Å². The van der Waals surface area contributed by atoms with Crippen molar-refractivity contribution in [2.24, 2.45) is 11.3 Å². The Hall–Kier alpha value is -1.16. The predicted molar refractivity (Wildman–Crippen MR) is 61.3 cm³/mol. The Labute approximate surface area is 99.7 Å². The van der Waals surface area contributed by atoms with Crippen molar-refractivity contribution in [2.75, 3.05) is 0 Å². The van der Waals surface area contributed by atoms with Gasteiger partial charge in [-0.3, -0.25) is 9.78 Å². The van der Waals surface area contributed by atoms with Crippen LogP contribution in [0.1, 0.15) is 26.5 Å². The molecular formula is C11H15ClN2O2. The molecule has 4 nitrogen and oxygen atoms in total. The Balaban J connectivity index is 2.93. The number of hydrogen-bond donors (Lipinski definition) is 1. The zero-order valence-electron chi connectivity index (χ0n) is 9.57. The van der Waals surface area contributed by atoms with Crippen LogP contribution in [0, 0.1) is 11.3 Å². The maximum absolute atomic E-state index is 11.3. The van der Waals surface area contributed by atoms with Crippen LogP contribution in [0.2, 0.25) is 5.15 Å². The van der Waals surface area contributed by atoms with E-state index in [9.17, 15) is 9.90 Å². The highest BCUT2D eigenvalue weighted by molar-refractivity contribution is 6.29. The lowest BCUT2D eigenvalue weighted by Crippen LogP contribution is -2.35. The first kappa shape index (κ1) is 12.9. The number of carboxylic acids is 1. The van der Waals surface area contributed by atoms with E-state index >= 15 is 0 Å². The number of carboxylic acid groups (broad SMARTS) is 1. The van der Waals surface area contributed by atoms with Crippen LogP contribution in [-0.2, 0) is 11.2 Å². The van der Waals surface area contributed by atoms with E-state index in [1.54, 1.807) is 6.92 Å². The van der Waals surface area contributed by atoms with Crippen molar-refractivity contribution in [1.29, 1.82) is 0 Å². The number of nitrogens with zero attached hydrogens (tertiary/aromatic N) is 2. The van der Waals surface area contributed by atoms with Gasteiger partial charge in [-0.25, -0.2) is 4.98 Å². The largest absolute Gasteiger partial charge is 0.481 e. The fraction of sp³-hybridized carbons (Fsp3) is 0.545. The Morgan fingerprint density at radius 3 is 2.50 bits per heavy atom. The van der Waals surface area contributed by atoms with E-state index in [2.05, 4.69) is 9.97 Å². The van der Waals surface area contributed by atoms with E-state index in [-0.39, 0.29) is 5.92 Å². The van der Waals surface area contributed by atoms with Gasteiger partial charge in [0.15, 0.2) is 0 Å². The third kappa shape index (κ3) is 2.70. The number of halogens is 1. The highest BCUT2D eigenvalue weighted by Gasteiger charge is 2.37. The molecule has 88 valence electrons. The van der Waals surface area contributed by atoms with Gasteiger partial charge in [0, 0.05) is 6.42 Å². The van der Waals surface area contributed by atoms with Crippen LogP contribution in [-0.4, -0.2) is 21.0 Å². The lowest BCUT2D eigenvalue weighted by atomic mass is 9.75. The average Bonchev–Trinajstić information content (AvgIpc) is 2.20. The zero-order valence-corrected chi connectivity index (χ0v) is 10.3. The SMILES string of the molecule is CC(C)C(C)(Cc1cnc(Cl)cn1)C(=O)O.